The molecule has 10 rings (SSSR count). The molecule has 1 aliphatic rings. The van der Waals surface area contributed by atoms with Crippen molar-refractivity contribution in [1.29, 1.82) is 0 Å². The first-order valence-corrected chi connectivity index (χ1v) is 16.6. The quantitative estimate of drug-likeness (QED) is 0.205. The van der Waals surface area contributed by atoms with Gasteiger partial charge in [0, 0.05) is 56.7 Å². The van der Waals surface area contributed by atoms with E-state index in [1.807, 2.05) is 18.3 Å². The van der Waals surface area contributed by atoms with E-state index < -0.39 is 0 Å². The normalized spacial score (nSPS) is 12.5. The molecule has 49 heavy (non-hydrogen) atoms. The van der Waals surface area contributed by atoms with E-state index in [4.69, 9.17) is 8.83 Å². The average Bonchev–Trinajstić information content (AvgIpc) is 3.74. The van der Waals surface area contributed by atoms with Crippen molar-refractivity contribution in [2.75, 3.05) is 4.90 Å². The van der Waals surface area contributed by atoms with Gasteiger partial charge in [-0.2, -0.15) is 0 Å². The van der Waals surface area contributed by atoms with Gasteiger partial charge in [0.25, 0.3) is 0 Å². The van der Waals surface area contributed by atoms with Gasteiger partial charge in [0.05, 0.1) is 5.69 Å². The van der Waals surface area contributed by atoms with Crippen LogP contribution >= 0.6 is 0 Å². The molecule has 0 radical (unpaired) electrons. The smallest absolute Gasteiger partial charge is 0.143 e. The fourth-order valence-corrected chi connectivity index (χ4v) is 7.34. The Morgan fingerprint density at radius 3 is 2.10 bits per heavy atom. The van der Waals surface area contributed by atoms with Crippen molar-refractivity contribution in [1.82, 2.24) is 5.32 Å². The van der Waals surface area contributed by atoms with Crippen molar-refractivity contribution in [3.8, 4) is 22.3 Å². The summed E-state index contributed by atoms with van der Waals surface area (Å²) in [6.45, 7) is 0.815. The van der Waals surface area contributed by atoms with Crippen molar-refractivity contribution in [2.45, 2.75) is 6.54 Å². The molecular formula is C45H30N2O2. The minimum Gasteiger partial charge on any atom is -0.456 e. The van der Waals surface area contributed by atoms with E-state index in [2.05, 4.69) is 156 Å². The summed E-state index contributed by atoms with van der Waals surface area (Å²) in [6, 6.07) is 53.7. The Hall–Kier alpha value is -6.52. The van der Waals surface area contributed by atoms with E-state index >= 15 is 0 Å². The number of para-hydroxylation sites is 2. The van der Waals surface area contributed by atoms with Gasteiger partial charge in [-0.1, -0.05) is 97.1 Å². The lowest BCUT2D eigenvalue weighted by atomic mass is 9.99. The number of furan rings is 2. The summed E-state index contributed by atoms with van der Waals surface area (Å²) in [4.78, 5) is 2.33. The molecule has 0 atom stereocenters. The van der Waals surface area contributed by atoms with Crippen LogP contribution in [-0.2, 0) is 6.54 Å². The lowest BCUT2D eigenvalue weighted by molar-refractivity contribution is 0.666. The van der Waals surface area contributed by atoms with E-state index in [1.54, 1.807) is 0 Å². The first-order chi connectivity index (χ1) is 24.3. The number of benzene rings is 7. The Morgan fingerprint density at radius 1 is 0.490 bits per heavy atom. The molecule has 0 unspecified atom stereocenters. The second kappa shape index (κ2) is 11.0. The lowest BCUT2D eigenvalue weighted by Gasteiger charge is -2.28. The van der Waals surface area contributed by atoms with E-state index in [0.717, 1.165) is 95.3 Å². The van der Waals surface area contributed by atoms with Crippen molar-refractivity contribution >= 4 is 67.0 Å². The summed E-state index contributed by atoms with van der Waals surface area (Å²) in [7, 11) is 0. The fourth-order valence-electron chi connectivity index (χ4n) is 7.34. The Balaban J connectivity index is 1.09. The Bertz CT molecular complexity index is 2720. The van der Waals surface area contributed by atoms with Crippen molar-refractivity contribution in [3.63, 3.8) is 0 Å². The van der Waals surface area contributed by atoms with Crippen molar-refractivity contribution < 1.29 is 8.83 Å². The van der Waals surface area contributed by atoms with Crippen LogP contribution in [0.25, 0.3) is 72.2 Å². The van der Waals surface area contributed by atoms with Gasteiger partial charge in [0.1, 0.15) is 22.3 Å². The highest BCUT2D eigenvalue weighted by molar-refractivity contribution is 6.09. The molecule has 4 nitrogen and oxygen atoms in total. The molecule has 2 aromatic heterocycles. The monoisotopic (exact) mass is 630 g/mol. The number of hydrogen-bond acceptors (Lipinski definition) is 4. The maximum atomic E-state index is 6.51. The van der Waals surface area contributed by atoms with Gasteiger partial charge in [-0.25, -0.2) is 0 Å². The molecule has 3 heterocycles. The predicted molar refractivity (Wildman–Crippen MR) is 202 cm³/mol. The molecule has 1 N–H and O–H groups in total. The molecule has 0 saturated heterocycles. The molecule has 0 aliphatic carbocycles. The van der Waals surface area contributed by atoms with Crippen LogP contribution in [0.2, 0.25) is 0 Å². The van der Waals surface area contributed by atoms with Crippen LogP contribution in [0.1, 0.15) is 11.1 Å². The molecule has 232 valence electrons. The van der Waals surface area contributed by atoms with Crippen LogP contribution in [0.5, 0.6) is 0 Å². The zero-order valence-electron chi connectivity index (χ0n) is 26.6. The highest BCUT2D eigenvalue weighted by Crippen LogP contribution is 2.43. The third-order valence-corrected chi connectivity index (χ3v) is 9.74. The standard InChI is InChI=1S/C45H30N2O2/c1-2-8-30(9-3-1)35-10-4-6-12-41(35)47(34-20-23-38-37-11-5-7-13-42(37)48-44(38)27-34)33-18-14-29(15-19-33)31-16-21-39-40-22-17-32-28-46-25-24-36(32)45(40)49-43(39)26-31/h1-27,46H,28H2. The van der Waals surface area contributed by atoms with Crippen LogP contribution in [0.3, 0.4) is 0 Å². The van der Waals surface area contributed by atoms with Crippen molar-refractivity contribution in [3.05, 3.63) is 169 Å². The summed E-state index contributed by atoms with van der Waals surface area (Å²) in [5, 5.41) is 7.82. The highest BCUT2D eigenvalue weighted by Gasteiger charge is 2.20. The number of hydrogen-bond donors (Lipinski definition) is 1. The molecular weight excluding hydrogens is 601 g/mol. The van der Waals surface area contributed by atoms with Gasteiger partial charge >= 0.3 is 0 Å². The van der Waals surface area contributed by atoms with Crippen LogP contribution in [0, 0.1) is 0 Å². The zero-order chi connectivity index (χ0) is 32.3. The summed E-state index contributed by atoms with van der Waals surface area (Å²) in [5.74, 6) is 0. The first kappa shape index (κ1) is 27.6. The second-order valence-electron chi connectivity index (χ2n) is 12.6. The lowest BCUT2D eigenvalue weighted by Crippen LogP contribution is -2.11. The number of nitrogens with one attached hydrogen (secondary N) is 1. The second-order valence-corrected chi connectivity index (χ2v) is 12.6. The molecule has 0 saturated carbocycles. The van der Waals surface area contributed by atoms with Gasteiger partial charge in [-0.15, -0.1) is 0 Å². The third kappa shape index (κ3) is 4.53. The average molecular weight is 631 g/mol. The Labute approximate surface area is 283 Å². The number of fused-ring (bicyclic) bond motifs is 8. The minimum absolute atomic E-state index is 0.815. The van der Waals surface area contributed by atoms with Gasteiger partial charge in [0.15, 0.2) is 0 Å². The van der Waals surface area contributed by atoms with Crippen LogP contribution in [-0.4, -0.2) is 0 Å². The van der Waals surface area contributed by atoms with E-state index in [1.165, 1.54) is 5.56 Å². The largest absolute Gasteiger partial charge is 0.456 e. The maximum absolute atomic E-state index is 6.51. The van der Waals surface area contributed by atoms with E-state index in [-0.39, 0.29) is 0 Å². The SMILES string of the molecule is C1=Cc2c(ccc3c2oc2cc(-c4ccc(N(c5ccc6c(c5)oc5ccccc56)c5ccccc5-c5ccccc5)cc4)ccc23)CN1. The Morgan fingerprint density at radius 2 is 1.18 bits per heavy atom. The molecule has 0 amide bonds. The summed E-state index contributed by atoms with van der Waals surface area (Å²) in [6.07, 6.45) is 4.11. The summed E-state index contributed by atoms with van der Waals surface area (Å²) < 4.78 is 12.9. The number of rotatable bonds is 5. The minimum atomic E-state index is 0.815. The predicted octanol–water partition coefficient (Wildman–Crippen LogP) is 12.4. The molecule has 1 aliphatic heterocycles. The molecule has 0 bridgehead atoms. The summed E-state index contributed by atoms with van der Waals surface area (Å²) in [5.41, 5.74) is 13.8. The van der Waals surface area contributed by atoms with E-state index in [9.17, 15) is 0 Å². The van der Waals surface area contributed by atoms with Crippen molar-refractivity contribution in [2.24, 2.45) is 0 Å². The topological polar surface area (TPSA) is 41.6 Å². The molecule has 0 fully saturated rings. The van der Waals surface area contributed by atoms with Gasteiger partial charge < -0.3 is 19.1 Å². The van der Waals surface area contributed by atoms with Gasteiger partial charge in [0.2, 0.25) is 0 Å². The number of nitrogens with zero attached hydrogens (tertiary/aromatic N) is 1. The zero-order valence-corrected chi connectivity index (χ0v) is 26.6. The third-order valence-electron chi connectivity index (χ3n) is 9.74. The fraction of sp³-hybridized carbons (Fsp3) is 0.0222. The van der Waals surface area contributed by atoms with Crippen LogP contribution < -0.4 is 10.2 Å². The maximum Gasteiger partial charge on any atom is 0.143 e. The summed E-state index contributed by atoms with van der Waals surface area (Å²) >= 11 is 0. The molecule has 9 aromatic rings. The number of anilines is 3. The van der Waals surface area contributed by atoms with Crippen LogP contribution in [0.15, 0.2) is 167 Å². The van der Waals surface area contributed by atoms with E-state index in [0.29, 0.717) is 0 Å². The molecule has 0 spiro atoms. The van der Waals surface area contributed by atoms with Crippen LogP contribution in [0.4, 0.5) is 17.1 Å². The Kier molecular flexibility index (Phi) is 6.21. The first-order valence-electron chi connectivity index (χ1n) is 16.6. The molecule has 7 aromatic carbocycles. The van der Waals surface area contributed by atoms with Gasteiger partial charge in [-0.05, 0) is 83.1 Å². The highest BCUT2D eigenvalue weighted by atomic mass is 16.3. The molecule has 4 heteroatoms. The van der Waals surface area contributed by atoms with Gasteiger partial charge in [-0.3, -0.25) is 0 Å².